The molecule has 1 aliphatic rings. The van der Waals surface area contributed by atoms with E-state index in [1.807, 2.05) is 6.07 Å². The highest BCUT2D eigenvalue weighted by molar-refractivity contribution is 8.29. The molecule has 1 aliphatic heterocycles. The molecule has 1 aromatic carbocycles. The lowest BCUT2D eigenvalue weighted by Gasteiger charge is -2.17. The number of hydrogen-bond donors (Lipinski definition) is 1. The van der Waals surface area contributed by atoms with Gasteiger partial charge in [-0.1, -0.05) is 17.7 Å². The van der Waals surface area contributed by atoms with Crippen LogP contribution >= 0.6 is 11.8 Å². The zero-order chi connectivity index (χ0) is 13.1. The number of nitrogens with zero attached hydrogens (tertiary/aromatic N) is 2. The zero-order valence-corrected chi connectivity index (χ0v) is 11.5. The third-order valence-corrected chi connectivity index (χ3v) is 3.24. The molecule has 0 aliphatic carbocycles. The first-order valence-electron chi connectivity index (χ1n) is 5.69. The van der Waals surface area contributed by atoms with Gasteiger partial charge in [0.25, 0.3) is 0 Å². The van der Waals surface area contributed by atoms with Crippen molar-refractivity contribution in [3.8, 4) is 0 Å². The first kappa shape index (κ1) is 12.8. The van der Waals surface area contributed by atoms with E-state index in [0.717, 1.165) is 10.9 Å². The quantitative estimate of drug-likeness (QED) is 0.910. The molecule has 0 saturated carbocycles. The van der Waals surface area contributed by atoms with E-state index in [9.17, 15) is 4.79 Å². The molecule has 1 aromatic rings. The molecule has 94 valence electrons. The van der Waals surface area contributed by atoms with Crippen molar-refractivity contribution in [2.75, 3.05) is 11.9 Å². The smallest absolute Gasteiger partial charge is 0.193 e. The number of carbonyl (C=O) groups is 1. The summed E-state index contributed by atoms with van der Waals surface area (Å²) in [5, 5.41) is 4.73. The molecule has 0 radical (unpaired) electrons. The van der Waals surface area contributed by atoms with Crippen LogP contribution in [-0.4, -0.2) is 22.7 Å². The standard InChI is InChI=1S/C13H15N3OS/c1-8-4-5-11(9(2)6-8)15-13-16-12(18-13)14-7-10(3)17/h4-6H,7H2,1-3H3,(H,14,15,16). The lowest BCUT2D eigenvalue weighted by atomic mass is 10.1. The second-order valence-electron chi connectivity index (χ2n) is 4.26. The van der Waals surface area contributed by atoms with Crippen LogP contribution in [0.2, 0.25) is 0 Å². The summed E-state index contributed by atoms with van der Waals surface area (Å²) in [7, 11) is 0. The molecule has 0 atom stereocenters. The minimum absolute atomic E-state index is 0.0501. The number of Topliss-reactive ketones (excluding diaryl/α,β-unsaturated/α-hetero) is 1. The normalized spacial score (nSPS) is 16.2. The van der Waals surface area contributed by atoms with Crippen LogP contribution in [-0.2, 0) is 4.79 Å². The van der Waals surface area contributed by atoms with Gasteiger partial charge in [0.2, 0.25) is 0 Å². The van der Waals surface area contributed by atoms with Crippen LogP contribution < -0.4 is 5.32 Å². The van der Waals surface area contributed by atoms with Gasteiger partial charge in [-0.2, -0.15) is 4.99 Å². The molecule has 0 spiro atoms. The van der Waals surface area contributed by atoms with Crippen LogP contribution in [0, 0.1) is 13.8 Å². The van der Waals surface area contributed by atoms with Crippen molar-refractivity contribution in [1.82, 2.24) is 0 Å². The van der Waals surface area contributed by atoms with Gasteiger partial charge in [-0.3, -0.25) is 9.79 Å². The Kier molecular flexibility index (Phi) is 3.81. The van der Waals surface area contributed by atoms with Crippen LogP contribution in [0.4, 0.5) is 5.69 Å². The monoisotopic (exact) mass is 261 g/mol. The summed E-state index contributed by atoms with van der Waals surface area (Å²) in [6.45, 7) is 5.86. The predicted molar refractivity (Wildman–Crippen MR) is 77.5 cm³/mol. The highest BCUT2D eigenvalue weighted by atomic mass is 32.2. The molecule has 0 fully saturated rings. The minimum atomic E-state index is 0.0501. The molecule has 0 unspecified atom stereocenters. The molecule has 1 heterocycles. The van der Waals surface area contributed by atoms with Gasteiger partial charge in [-0.25, -0.2) is 0 Å². The summed E-state index contributed by atoms with van der Waals surface area (Å²) in [6.07, 6.45) is 0. The van der Waals surface area contributed by atoms with E-state index < -0.39 is 0 Å². The van der Waals surface area contributed by atoms with Gasteiger partial charge in [0.15, 0.2) is 16.1 Å². The largest absolute Gasteiger partial charge is 0.334 e. The van der Waals surface area contributed by atoms with Crippen molar-refractivity contribution < 1.29 is 4.79 Å². The Labute approximate surface area is 111 Å². The van der Waals surface area contributed by atoms with Gasteiger partial charge in [0.1, 0.15) is 6.54 Å². The fourth-order valence-electron chi connectivity index (χ4n) is 1.55. The number of hydrogen-bond acceptors (Lipinski definition) is 4. The SMILES string of the molecule is CC(=O)CN=C1N=C(Nc2ccc(C)cc2C)S1. The molecule has 4 nitrogen and oxygen atoms in total. The maximum absolute atomic E-state index is 10.8. The Morgan fingerprint density at radius 2 is 2.17 bits per heavy atom. The van der Waals surface area contributed by atoms with Gasteiger partial charge >= 0.3 is 0 Å². The maximum atomic E-state index is 10.8. The number of benzene rings is 1. The Bertz CT molecular complexity index is 549. The highest BCUT2D eigenvalue weighted by Gasteiger charge is 2.17. The number of aliphatic imine (C=N–C) groups is 2. The lowest BCUT2D eigenvalue weighted by molar-refractivity contribution is -0.115. The molecular formula is C13H15N3OS. The Balaban J connectivity index is 1.99. The summed E-state index contributed by atoms with van der Waals surface area (Å²) in [5.74, 6) is 0.0501. The van der Waals surface area contributed by atoms with Crippen molar-refractivity contribution in [2.45, 2.75) is 20.8 Å². The summed E-state index contributed by atoms with van der Waals surface area (Å²) in [6, 6.07) is 6.22. The fourth-order valence-corrected chi connectivity index (χ4v) is 2.15. The summed E-state index contributed by atoms with van der Waals surface area (Å²) in [4.78, 5) is 19.0. The summed E-state index contributed by atoms with van der Waals surface area (Å²) >= 11 is 1.46. The molecule has 0 saturated heterocycles. The molecule has 0 aromatic heterocycles. The van der Waals surface area contributed by atoms with Gasteiger partial charge in [0, 0.05) is 5.69 Å². The molecule has 0 bridgehead atoms. The van der Waals surface area contributed by atoms with E-state index >= 15 is 0 Å². The number of anilines is 1. The Morgan fingerprint density at radius 1 is 1.44 bits per heavy atom. The van der Waals surface area contributed by atoms with Crippen LogP contribution in [0.25, 0.3) is 0 Å². The van der Waals surface area contributed by atoms with Crippen LogP contribution in [0.15, 0.2) is 28.2 Å². The second-order valence-corrected chi connectivity index (χ2v) is 5.22. The number of thioether (sulfide) groups is 1. The molecule has 1 N–H and O–H groups in total. The number of rotatable bonds is 3. The second kappa shape index (κ2) is 5.35. The number of aryl methyl sites for hydroxylation is 2. The third kappa shape index (κ3) is 3.20. The summed E-state index contributed by atoms with van der Waals surface area (Å²) < 4.78 is 0. The van der Waals surface area contributed by atoms with E-state index in [-0.39, 0.29) is 12.3 Å². The number of amidine groups is 2. The van der Waals surface area contributed by atoms with E-state index in [1.54, 1.807) is 0 Å². The van der Waals surface area contributed by atoms with Gasteiger partial charge in [-0.15, -0.1) is 0 Å². The molecular weight excluding hydrogens is 246 g/mol. The van der Waals surface area contributed by atoms with E-state index in [2.05, 4.69) is 41.3 Å². The van der Waals surface area contributed by atoms with E-state index in [1.165, 1.54) is 29.8 Å². The average Bonchev–Trinajstić information content (AvgIpc) is 2.23. The summed E-state index contributed by atoms with van der Waals surface area (Å²) in [5.41, 5.74) is 3.48. The van der Waals surface area contributed by atoms with Gasteiger partial charge in [0.05, 0.1) is 0 Å². The van der Waals surface area contributed by atoms with Gasteiger partial charge in [-0.05, 0) is 44.2 Å². The molecule has 18 heavy (non-hydrogen) atoms. The Hall–Kier alpha value is -1.62. The molecule has 2 rings (SSSR count). The van der Waals surface area contributed by atoms with E-state index in [4.69, 9.17) is 0 Å². The third-order valence-electron chi connectivity index (χ3n) is 2.45. The molecule has 0 amide bonds. The Morgan fingerprint density at radius 3 is 2.78 bits per heavy atom. The van der Waals surface area contributed by atoms with Crippen molar-refractivity contribution in [3.05, 3.63) is 29.3 Å². The van der Waals surface area contributed by atoms with Crippen molar-refractivity contribution in [1.29, 1.82) is 0 Å². The minimum Gasteiger partial charge on any atom is -0.334 e. The topological polar surface area (TPSA) is 53.8 Å². The first-order valence-corrected chi connectivity index (χ1v) is 6.51. The van der Waals surface area contributed by atoms with E-state index in [0.29, 0.717) is 5.17 Å². The fraction of sp³-hybridized carbons (Fsp3) is 0.308. The van der Waals surface area contributed by atoms with Crippen LogP contribution in [0.3, 0.4) is 0 Å². The zero-order valence-electron chi connectivity index (χ0n) is 10.7. The first-order chi connectivity index (χ1) is 8.54. The predicted octanol–water partition coefficient (Wildman–Crippen LogP) is 2.76. The maximum Gasteiger partial charge on any atom is 0.193 e. The number of nitrogens with one attached hydrogen (secondary N) is 1. The average molecular weight is 261 g/mol. The van der Waals surface area contributed by atoms with Gasteiger partial charge < -0.3 is 5.32 Å². The lowest BCUT2D eigenvalue weighted by Crippen LogP contribution is -2.20. The number of ketones is 1. The number of carbonyl (C=O) groups excluding carboxylic acids is 1. The van der Waals surface area contributed by atoms with Crippen molar-refractivity contribution in [3.63, 3.8) is 0 Å². The van der Waals surface area contributed by atoms with Crippen LogP contribution in [0.1, 0.15) is 18.1 Å². The molecule has 5 heteroatoms. The highest BCUT2D eigenvalue weighted by Crippen LogP contribution is 2.24. The van der Waals surface area contributed by atoms with Crippen LogP contribution in [0.5, 0.6) is 0 Å². The van der Waals surface area contributed by atoms with Crippen molar-refractivity contribution in [2.24, 2.45) is 9.98 Å². The van der Waals surface area contributed by atoms with Crippen molar-refractivity contribution >= 4 is 33.6 Å².